The summed E-state index contributed by atoms with van der Waals surface area (Å²) in [6.07, 6.45) is 3.61. The molecule has 1 aliphatic carbocycles. The quantitative estimate of drug-likeness (QED) is 0.929. The van der Waals surface area contributed by atoms with E-state index >= 15 is 0 Å². The summed E-state index contributed by atoms with van der Waals surface area (Å²) in [6.45, 7) is 2.25. The zero-order valence-corrected chi connectivity index (χ0v) is 14.2. The number of carbonyl (C=O) groups excluding carboxylic acids is 2. The Hall–Kier alpha value is -2.28. The van der Waals surface area contributed by atoms with E-state index in [9.17, 15) is 9.59 Å². The molecule has 0 unspecified atom stereocenters. The van der Waals surface area contributed by atoms with Crippen LogP contribution >= 0.6 is 11.3 Å². The molecule has 124 valence electrons. The van der Waals surface area contributed by atoms with Gasteiger partial charge in [0.25, 0.3) is 0 Å². The highest BCUT2D eigenvalue weighted by Crippen LogP contribution is 2.31. The van der Waals surface area contributed by atoms with Crippen molar-refractivity contribution in [1.82, 2.24) is 10.2 Å². The number of aryl methyl sites for hydroxylation is 3. The zero-order chi connectivity index (χ0) is 16.7. The summed E-state index contributed by atoms with van der Waals surface area (Å²) in [7, 11) is 0. The molecule has 2 aromatic rings. The molecule has 2 amide bonds. The molecule has 24 heavy (non-hydrogen) atoms. The highest BCUT2D eigenvalue weighted by atomic mass is 32.1. The number of benzene rings is 1. The lowest BCUT2D eigenvalue weighted by atomic mass is 10.1. The summed E-state index contributed by atoms with van der Waals surface area (Å²) in [4.78, 5) is 26.5. The summed E-state index contributed by atoms with van der Waals surface area (Å²) in [5, 5.41) is 11.8. The molecule has 1 aromatic heterocycles. The maximum atomic E-state index is 12.4. The predicted molar refractivity (Wildman–Crippen MR) is 92.2 cm³/mol. The lowest BCUT2D eigenvalue weighted by Crippen LogP contribution is -2.28. The van der Waals surface area contributed by atoms with E-state index in [0.717, 1.165) is 23.5 Å². The SMILES string of the molecule is Cc1nnc(NC(=O)[C@@H]2CC(=O)N(c3ccc4c(c3)CCC4)C2)s1. The predicted octanol–water partition coefficient (Wildman–Crippen LogP) is 2.33. The van der Waals surface area contributed by atoms with Gasteiger partial charge in [-0.25, -0.2) is 0 Å². The maximum Gasteiger partial charge on any atom is 0.231 e. The molecule has 1 saturated heterocycles. The highest BCUT2D eigenvalue weighted by Gasteiger charge is 2.35. The van der Waals surface area contributed by atoms with Crippen molar-refractivity contribution in [2.45, 2.75) is 32.6 Å². The third-order valence-corrected chi connectivity index (χ3v) is 5.40. The van der Waals surface area contributed by atoms with Gasteiger partial charge in [-0.15, -0.1) is 10.2 Å². The van der Waals surface area contributed by atoms with E-state index < -0.39 is 0 Å². The van der Waals surface area contributed by atoms with Gasteiger partial charge >= 0.3 is 0 Å². The van der Waals surface area contributed by atoms with Gasteiger partial charge < -0.3 is 10.2 Å². The Bertz CT molecular complexity index is 817. The van der Waals surface area contributed by atoms with Crippen LogP contribution in [0.15, 0.2) is 18.2 Å². The first-order valence-corrected chi connectivity index (χ1v) is 8.95. The molecule has 0 spiro atoms. The fourth-order valence-corrected chi connectivity index (χ4v) is 4.01. The Morgan fingerprint density at radius 3 is 2.92 bits per heavy atom. The standard InChI is InChI=1S/C17H18N4O2S/c1-10-19-20-17(24-10)18-16(23)13-8-15(22)21(9-13)14-6-5-11-3-2-4-12(11)7-14/h5-7,13H,2-4,8-9H2,1H3,(H,18,20,23)/t13-/m1/s1. The van der Waals surface area contributed by atoms with Crippen LogP contribution in [0.5, 0.6) is 0 Å². The van der Waals surface area contributed by atoms with Crippen molar-refractivity contribution in [3.8, 4) is 0 Å². The van der Waals surface area contributed by atoms with Gasteiger partial charge in [0.05, 0.1) is 5.92 Å². The van der Waals surface area contributed by atoms with Crippen molar-refractivity contribution in [2.24, 2.45) is 5.92 Å². The number of aromatic nitrogens is 2. The highest BCUT2D eigenvalue weighted by molar-refractivity contribution is 7.15. The number of amides is 2. The van der Waals surface area contributed by atoms with Crippen LogP contribution in [0.25, 0.3) is 0 Å². The van der Waals surface area contributed by atoms with Gasteiger partial charge in [-0.2, -0.15) is 0 Å². The van der Waals surface area contributed by atoms with E-state index in [1.54, 1.807) is 4.90 Å². The molecule has 2 heterocycles. The van der Waals surface area contributed by atoms with Crippen molar-refractivity contribution in [1.29, 1.82) is 0 Å². The Morgan fingerprint density at radius 2 is 2.12 bits per heavy atom. The van der Waals surface area contributed by atoms with Gasteiger partial charge in [0, 0.05) is 18.7 Å². The van der Waals surface area contributed by atoms with Gasteiger partial charge in [0.1, 0.15) is 5.01 Å². The molecule has 7 heteroatoms. The third-order valence-electron chi connectivity index (χ3n) is 4.65. The number of nitrogens with one attached hydrogen (secondary N) is 1. The number of anilines is 2. The van der Waals surface area contributed by atoms with Crippen LogP contribution < -0.4 is 10.2 Å². The van der Waals surface area contributed by atoms with Crippen LogP contribution in [0.4, 0.5) is 10.8 Å². The number of nitrogens with zero attached hydrogens (tertiary/aromatic N) is 3. The van der Waals surface area contributed by atoms with Crippen molar-refractivity contribution in [3.63, 3.8) is 0 Å². The summed E-state index contributed by atoms with van der Waals surface area (Å²) in [6, 6.07) is 6.22. The Balaban J connectivity index is 1.47. The molecule has 1 atom stereocenters. The van der Waals surface area contributed by atoms with E-state index in [4.69, 9.17) is 0 Å². The van der Waals surface area contributed by atoms with Crippen molar-refractivity contribution in [2.75, 3.05) is 16.8 Å². The summed E-state index contributed by atoms with van der Waals surface area (Å²) >= 11 is 1.33. The van der Waals surface area contributed by atoms with Crippen LogP contribution in [-0.2, 0) is 22.4 Å². The van der Waals surface area contributed by atoms with Crippen LogP contribution in [0.3, 0.4) is 0 Å². The van der Waals surface area contributed by atoms with Crippen LogP contribution in [-0.4, -0.2) is 28.6 Å². The lowest BCUT2D eigenvalue weighted by Gasteiger charge is -2.17. The van der Waals surface area contributed by atoms with Crippen molar-refractivity contribution >= 4 is 34.0 Å². The first-order valence-electron chi connectivity index (χ1n) is 8.13. The largest absolute Gasteiger partial charge is 0.312 e. The van der Waals surface area contributed by atoms with E-state index in [0.29, 0.717) is 11.7 Å². The molecule has 2 aliphatic rings. The minimum absolute atomic E-state index is 0.00143. The van der Waals surface area contributed by atoms with Gasteiger partial charge in [-0.3, -0.25) is 9.59 Å². The fourth-order valence-electron chi connectivity index (χ4n) is 3.41. The number of carbonyl (C=O) groups is 2. The zero-order valence-electron chi connectivity index (χ0n) is 13.4. The number of fused-ring (bicyclic) bond motifs is 1. The van der Waals surface area contributed by atoms with E-state index in [2.05, 4.69) is 27.6 Å². The Labute approximate surface area is 143 Å². The van der Waals surface area contributed by atoms with E-state index in [1.165, 1.54) is 28.9 Å². The number of hydrogen-bond donors (Lipinski definition) is 1. The Morgan fingerprint density at radius 1 is 1.29 bits per heavy atom. The Kier molecular flexibility index (Phi) is 3.80. The van der Waals surface area contributed by atoms with Crippen LogP contribution in [0.1, 0.15) is 29.0 Å². The van der Waals surface area contributed by atoms with Gasteiger partial charge in [-0.1, -0.05) is 17.4 Å². The van der Waals surface area contributed by atoms with E-state index in [1.807, 2.05) is 13.0 Å². The molecule has 4 rings (SSSR count). The molecule has 6 nitrogen and oxygen atoms in total. The second kappa shape index (κ2) is 5.98. The fraction of sp³-hybridized carbons (Fsp3) is 0.412. The van der Waals surface area contributed by atoms with Crippen LogP contribution in [0, 0.1) is 12.8 Å². The second-order valence-electron chi connectivity index (χ2n) is 6.33. The lowest BCUT2D eigenvalue weighted by molar-refractivity contribution is -0.122. The molecule has 1 aromatic carbocycles. The van der Waals surface area contributed by atoms with Crippen molar-refractivity contribution < 1.29 is 9.59 Å². The van der Waals surface area contributed by atoms with Gasteiger partial charge in [0.2, 0.25) is 16.9 Å². The van der Waals surface area contributed by atoms with Gasteiger partial charge in [0.15, 0.2) is 0 Å². The maximum absolute atomic E-state index is 12.4. The van der Waals surface area contributed by atoms with Gasteiger partial charge in [-0.05, 0) is 49.4 Å². The smallest absolute Gasteiger partial charge is 0.231 e. The summed E-state index contributed by atoms with van der Waals surface area (Å²) in [5.41, 5.74) is 3.62. The number of rotatable bonds is 3. The first kappa shape index (κ1) is 15.3. The summed E-state index contributed by atoms with van der Waals surface area (Å²) in [5.74, 6) is -0.514. The molecular formula is C17H18N4O2S. The minimum Gasteiger partial charge on any atom is -0.312 e. The summed E-state index contributed by atoms with van der Waals surface area (Å²) < 4.78 is 0. The molecule has 0 radical (unpaired) electrons. The number of hydrogen-bond acceptors (Lipinski definition) is 5. The second-order valence-corrected chi connectivity index (χ2v) is 7.51. The molecule has 1 fully saturated rings. The topological polar surface area (TPSA) is 75.2 Å². The molecule has 1 aliphatic heterocycles. The van der Waals surface area contributed by atoms with E-state index in [-0.39, 0.29) is 24.2 Å². The molecule has 1 N–H and O–H groups in total. The third kappa shape index (κ3) is 2.80. The first-order chi connectivity index (χ1) is 11.6. The minimum atomic E-state index is -0.352. The monoisotopic (exact) mass is 342 g/mol. The molecular weight excluding hydrogens is 324 g/mol. The van der Waals surface area contributed by atoms with Crippen molar-refractivity contribution in [3.05, 3.63) is 34.3 Å². The van der Waals surface area contributed by atoms with Crippen LogP contribution in [0.2, 0.25) is 0 Å². The average molecular weight is 342 g/mol. The normalized spacial score (nSPS) is 19.6. The molecule has 0 saturated carbocycles. The molecule has 0 bridgehead atoms. The average Bonchev–Trinajstić information content (AvgIpc) is 3.26.